The molecule has 0 aliphatic carbocycles. The summed E-state index contributed by atoms with van der Waals surface area (Å²) in [7, 11) is 0. The lowest BCUT2D eigenvalue weighted by Gasteiger charge is -2.17. The van der Waals surface area contributed by atoms with Crippen molar-refractivity contribution < 1.29 is 14.4 Å². The minimum atomic E-state index is -0.458. The summed E-state index contributed by atoms with van der Waals surface area (Å²) in [5.41, 5.74) is 2.55. The van der Waals surface area contributed by atoms with Gasteiger partial charge >= 0.3 is 0 Å². The largest absolute Gasteiger partial charge is 0.372 e. The average Bonchev–Trinajstić information content (AvgIpc) is 3.35. The van der Waals surface area contributed by atoms with Gasteiger partial charge in [-0.25, -0.2) is 0 Å². The summed E-state index contributed by atoms with van der Waals surface area (Å²) in [6.07, 6.45) is 4.11. The smallest absolute Gasteiger partial charge is 0.294 e. The van der Waals surface area contributed by atoms with E-state index < -0.39 is 17.1 Å². The van der Waals surface area contributed by atoms with Crippen molar-refractivity contribution in [1.82, 2.24) is 4.90 Å². The van der Waals surface area contributed by atoms with Gasteiger partial charge in [0.25, 0.3) is 11.1 Å². The van der Waals surface area contributed by atoms with E-state index in [0.717, 1.165) is 41.0 Å². The van der Waals surface area contributed by atoms with Crippen LogP contribution in [0, 0.1) is 0 Å². The molecule has 0 spiro atoms. The molecule has 0 aromatic heterocycles. The fraction of sp³-hybridized carbons (Fsp3) is 0.227. The molecule has 6 nitrogen and oxygen atoms in total. The van der Waals surface area contributed by atoms with Gasteiger partial charge in [-0.1, -0.05) is 23.7 Å². The van der Waals surface area contributed by atoms with Gasteiger partial charge in [0, 0.05) is 29.5 Å². The first-order valence-electron chi connectivity index (χ1n) is 9.65. The van der Waals surface area contributed by atoms with Crippen molar-refractivity contribution in [2.24, 2.45) is 0 Å². The number of thioether (sulfide) groups is 1. The lowest BCUT2D eigenvalue weighted by atomic mass is 10.2. The second-order valence-electron chi connectivity index (χ2n) is 7.11. The Morgan fingerprint density at radius 3 is 2.37 bits per heavy atom. The number of carbonyl (C=O) groups is 3. The van der Waals surface area contributed by atoms with E-state index in [4.69, 9.17) is 11.6 Å². The number of carbonyl (C=O) groups excluding carboxylic acids is 3. The predicted octanol–water partition coefficient (Wildman–Crippen LogP) is 4.62. The van der Waals surface area contributed by atoms with Gasteiger partial charge in [0.1, 0.15) is 6.54 Å². The Bertz CT molecular complexity index is 999. The first-order valence-corrected chi connectivity index (χ1v) is 10.8. The zero-order valence-electron chi connectivity index (χ0n) is 16.1. The fourth-order valence-electron chi connectivity index (χ4n) is 3.42. The van der Waals surface area contributed by atoms with Crippen molar-refractivity contribution in [2.45, 2.75) is 12.8 Å². The molecule has 2 fully saturated rings. The molecule has 2 aliphatic rings. The summed E-state index contributed by atoms with van der Waals surface area (Å²) < 4.78 is 0. The Hall–Kier alpha value is -2.77. The lowest BCUT2D eigenvalue weighted by molar-refractivity contribution is -0.127. The highest BCUT2D eigenvalue weighted by molar-refractivity contribution is 8.18. The van der Waals surface area contributed by atoms with Crippen LogP contribution in [-0.4, -0.2) is 41.6 Å². The second kappa shape index (κ2) is 8.93. The molecule has 30 heavy (non-hydrogen) atoms. The van der Waals surface area contributed by atoms with Crippen molar-refractivity contribution in [2.75, 3.05) is 29.9 Å². The molecule has 2 aromatic carbocycles. The molecular formula is C22H20ClN3O3S. The SMILES string of the molecule is O=C(CN1C(=O)S/C(=C\c2ccc(N3CCCC3)cc2)C1=O)Nc1ccc(Cl)cc1. The van der Waals surface area contributed by atoms with Crippen LogP contribution in [0.2, 0.25) is 5.02 Å². The minimum Gasteiger partial charge on any atom is -0.372 e. The maximum Gasteiger partial charge on any atom is 0.294 e. The fourth-order valence-corrected chi connectivity index (χ4v) is 4.39. The quantitative estimate of drug-likeness (QED) is 0.686. The number of hydrogen-bond acceptors (Lipinski definition) is 5. The van der Waals surface area contributed by atoms with E-state index in [1.807, 2.05) is 24.3 Å². The van der Waals surface area contributed by atoms with Crippen molar-refractivity contribution in [3.05, 3.63) is 64.0 Å². The Morgan fingerprint density at radius 1 is 1.03 bits per heavy atom. The van der Waals surface area contributed by atoms with E-state index >= 15 is 0 Å². The van der Waals surface area contributed by atoms with Crippen molar-refractivity contribution in [1.29, 1.82) is 0 Å². The summed E-state index contributed by atoms with van der Waals surface area (Å²) in [6.45, 7) is 1.80. The number of amides is 3. The number of hydrogen-bond donors (Lipinski definition) is 1. The second-order valence-corrected chi connectivity index (χ2v) is 8.54. The van der Waals surface area contributed by atoms with Crippen LogP contribution in [-0.2, 0) is 9.59 Å². The standard InChI is InChI=1S/C22H20ClN3O3S/c23-16-5-7-17(8-6-16)24-20(27)14-26-21(28)19(30-22(26)29)13-15-3-9-18(10-4-15)25-11-1-2-12-25/h3-10,13H,1-2,11-12,14H2,(H,24,27)/b19-13-. The van der Waals surface area contributed by atoms with E-state index in [2.05, 4.69) is 10.2 Å². The first-order chi connectivity index (χ1) is 14.5. The van der Waals surface area contributed by atoms with Gasteiger partial charge < -0.3 is 10.2 Å². The number of benzene rings is 2. The Kier molecular flexibility index (Phi) is 6.11. The van der Waals surface area contributed by atoms with Crippen LogP contribution in [0.5, 0.6) is 0 Å². The summed E-state index contributed by atoms with van der Waals surface area (Å²) in [5.74, 6) is -0.907. The highest BCUT2D eigenvalue weighted by Gasteiger charge is 2.36. The first kappa shape index (κ1) is 20.5. The number of nitrogens with one attached hydrogen (secondary N) is 1. The molecule has 2 aromatic rings. The van der Waals surface area contributed by atoms with E-state index in [1.54, 1.807) is 30.3 Å². The molecule has 0 bridgehead atoms. The maximum atomic E-state index is 12.6. The van der Waals surface area contributed by atoms with Gasteiger partial charge in [-0.05, 0) is 72.6 Å². The molecule has 2 saturated heterocycles. The molecule has 3 amide bonds. The van der Waals surface area contributed by atoms with Gasteiger partial charge in [-0.15, -0.1) is 0 Å². The number of halogens is 1. The molecule has 0 radical (unpaired) electrons. The van der Waals surface area contributed by atoms with Crippen molar-refractivity contribution in [3.63, 3.8) is 0 Å². The van der Waals surface area contributed by atoms with Crippen LogP contribution >= 0.6 is 23.4 Å². The van der Waals surface area contributed by atoms with Crippen molar-refractivity contribution in [3.8, 4) is 0 Å². The molecule has 0 saturated carbocycles. The summed E-state index contributed by atoms with van der Waals surface area (Å²) in [5, 5.41) is 2.76. The summed E-state index contributed by atoms with van der Waals surface area (Å²) in [4.78, 5) is 40.8. The van der Waals surface area contributed by atoms with E-state index in [9.17, 15) is 14.4 Å². The van der Waals surface area contributed by atoms with Crippen molar-refractivity contribution >= 4 is 57.9 Å². The highest BCUT2D eigenvalue weighted by Crippen LogP contribution is 2.32. The zero-order valence-corrected chi connectivity index (χ0v) is 17.7. The van der Waals surface area contributed by atoms with Gasteiger partial charge in [0.05, 0.1) is 4.91 Å². The minimum absolute atomic E-state index is 0.313. The molecule has 2 heterocycles. The third kappa shape index (κ3) is 4.68. The van der Waals surface area contributed by atoms with Crippen LogP contribution in [0.4, 0.5) is 16.2 Å². The monoisotopic (exact) mass is 441 g/mol. The average molecular weight is 442 g/mol. The molecule has 2 aliphatic heterocycles. The molecule has 8 heteroatoms. The van der Waals surface area contributed by atoms with Gasteiger partial charge in [-0.2, -0.15) is 0 Å². The summed E-state index contributed by atoms with van der Waals surface area (Å²) >= 11 is 6.67. The van der Waals surface area contributed by atoms with Crippen LogP contribution in [0.25, 0.3) is 6.08 Å². The predicted molar refractivity (Wildman–Crippen MR) is 121 cm³/mol. The Morgan fingerprint density at radius 2 is 1.70 bits per heavy atom. The summed E-state index contributed by atoms with van der Waals surface area (Å²) in [6, 6.07) is 14.5. The topological polar surface area (TPSA) is 69.7 Å². The number of anilines is 2. The van der Waals surface area contributed by atoms with Gasteiger partial charge in [0.15, 0.2) is 0 Å². The number of imide groups is 1. The third-order valence-corrected chi connectivity index (χ3v) is 6.12. The normalized spacial score (nSPS) is 17.8. The Labute approximate surface area is 183 Å². The van der Waals surface area contributed by atoms with Gasteiger partial charge in [0.2, 0.25) is 5.91 Å². The van der Waals surface area contributed by atoms with E-state index in [1.165, 1.54) is 12.8 Å². The highest BCUT2D eigenvalue weighted by atomic mass is 35.5. The zero-order chi connectivity index (χ0) is 21.1. The number of rotatable bonds is 5. The molecule has 0 unspecified atom stereocenters. The van der Waals surface area contributed by atoms with Crippen LogP contribution in [0.15, 0.2) is 53.4 Å². The number of nitrogens with zero attached hydrogens (tertiary/aromatic N) is 2. The van der Waals surface area contributed by atoms with Gasteiger partial charge in [-0.3, -0.25) is 19.3 Å². The molecule has 154 valence electrons. The lowest BCUT2D eigenvalue weighted by Crippen LogP contribution is -2.36. The molecule has 1 N–H and O–H groups in total. The third-order valence-electron chi connectivity index (χ3n) is 4.97. The van der Waals surface area contributed by atoms with Crippen LogP contribution in [0.3, 0.4) is 0 Å². The molecule has 4 rings (SSSR count). The van der Waals surface area contributed by atoms with Crippen LogP contribution < -0.4 is 10.2 Å². The molecule has 0 atom stereocenters. The maximum absolute atomic E-state index is 12.6. The Balaban J connectivity index is 1.40. The van der Waals surface area contributed by atoms with E-state index in [0.29, 0.717) is 15.6 Å². The molecular weight excluding hydrogens is 422 g/mol. The van der Waals surface area contributed by atoms with E-state index in [-0.39, 0.29) is 6.54 Å². The van der Waals surface area contributed by atoms with Crippen LogP contribution in [0.1, 0.15) is 18.4 Å².